The maximum atomic E-state index is 11.9. The Balaban J connectivity index is 2.07. The topological polar surface area (TPSA) is 36.1 Å². The molecule has 1 aromatic rings. The Labute approximate surface area is 97.0 Å². The van der Waals surface area contributed by atoms with Crippen LogP contribution in [0.2, 0.25) is 0 Å². The van der Waals surface area contributed by atoms with Crippen molar-refractivity contribution in [3.05, 3.63) is 21.5 Å². The van der Waals surface area contributed by atoms with E-state index in [2.05, 4.69) is 27.6 Å². The number of aromatic amines is 1. The van der Waals surface area contributed by atoms with Crippen molar-refractivity contribution in [2.24, 2.45) is 0 Å². The van der Waals surface area contributed by atoms with Crippen LogP contribution >= 0.6 is 22.6 Å². The van der Waals surface area contributed by atoms with Gasteiger partial charge in [-0.15, -0.1) is 0 Å². The monoisotopic (exact) mass is 304 g/mol. The molecule has 0 spiro atoms. The minimum atomic E-state index is 0.146. The van der Waals surface area contributed by atoms with Gasteiger partial charge in [0.2, 0.25) is 0 Å². The van der Waals surface area contributed by atoms with Gasteiger partial charge >= 0.3 is 0 Å². The summed E-state index contributed by atoms with van der Waals surface area (Å²) < 4.78 is 1.09. The zero-order chi connectivity index (χ0) is 9.97. The van der Waals surface area contributed by atoms with Crippen LogP contribution in [0.15, 0.2) is 12.3 Å². The lowest BCUT2D eigenvalue weighted by Gasteiger charge is -2.26. The molecule has 2 rings (SSSR count). The Morgan fingerprint density at radius 1 is 1.36 bits per heavy atom. The van der Waals surface area contributed by atoms with Crippen LogP contribution in [0.4, 0.5) is 0 Å². The number of H-pyrrole nitrogens is 1. The Hall–Kier alpha value is -0.520. The third-order valence-corrected chi connectivity index (χ3v) is 3.14. The number of halogens is 1. The highest BCUT2D eigenvalue weighted by molar-refractivity contribution is 14.1. The molecule has 0 unspecified atom stereocenters. The van der Waals surface area contributed by atoms with E-state index in [0.717, 1.165) is 35.2 Å². The van der Waals surface area contributed by atoms with Gasteiger partial charge in [0.05, 0.1) is 0 Å². The number of hydrogen-bond donors (Lipinski definition) is 1. The first kappa shape index (κ1) is 10.0. The van der Waals surface area contributed by atoms with E-state index < -0.39 is 0 Å². The first-order valence-electron chi connectivity index (χ1n) is 4.90. The molecule has 1 aliphatic rings. The standard InChI is InChI=1S/C10H13IN2O/c11-8-6-9(12-7-8)10(14)13-4-2-1-3-5-13/h6-7,12H,1-5H2. The third-order valence-electron chi connectivity index (χ3n) is 2.52. The van der Waals surface area contributed by atoms with Gasteiger partial charge in [-0.1, -0.05) is 0 Å². The van der Waals surface area contributed by atoms with E-state index in [4.69, 9.17) is 0 Å². The average Bonchev–Trinajstić information content (AvgIpc) is 2.65. The Bertz CT molecular complexity index is 329. The Kier molecular flexibility index (Phi) is 3.10. The molecule has 14 heavy (non-hydrogen) atoms. The molecule has 1 aromatic heterocycles. The minimum absolute atomic E-state index is 0.146. The summed E-state index contributed by atoms with van der Waals surface area (Å²) in [6.07, 6.45) is 5.40. The van der Waals surface area contributed by atoms with Crippen molar-refractivity contribution in [3.63, 3.8) is 0 Å². The fourth-order valence-electron chi connectivity index (χ4n) is 1.76. The van der Waals surface area contributed by atoms with Crippen molar-refractivity contribution in [2.75, 3.05) is 13.1 Å². The fraction of sp³-hybridized carbons (Fsp3) is 0.500. The second-order valence-corrected chi connectivity index (χ2v) is 4.83. The number of amides is 1. The largest absolute Gasteiger partial charge is 0.356 e. The zero-order valence-corrected chi connectivity index (χ0v) is 10.1. The van der Waals surface area contributed by atoms with Crippen molar-refractivity contribution in [1.82, 2.24) is 9.88 Å². The number of carbonyl (C=O) groups is 1. The first-order chi connectivity index (χ1) is 6.77. The number of likely N-dealkylation sites (tertiary alicyclic amines) is 1. The van der Waals surface area contributed by atoms with Gasteiger partial charge in [-0.25, -0.2) is 0 Å². The van der Waals surface area contributed by atoms with E-state index in [0.29, 0.717) is 0 Å². The molecule has 1 aliphatic heterocycles. The molecule has 76 valence electrons. The van der Waals surface area contributed by atoms with Gasteiger partial charge in [-0.05, 0) is 47.9 Å². The van der Waals surface area contributed by atoms with Gasteiger partial charge in [0.1, 0.15) is 5.69 Å². The number of nitrogens with zero attached hydrogens (tertiary/aromatic N) is 1. The lowest BCUT2D eigenvalue weighted by molar-refractivity contribution is 0.0719. The van der Waals surface area contributed by atoms with Crippen LogP contribution in [-0.4, -0.2) is 28.9 Å². The lowest BCUT2D eigenvalue weighted by Crippen LogP contribution is -2.35. The van der Waals surface area contributed by atoms with Crippen LogP contribution in [0.3, 0.4) is 0 Å². The number of piperidine rings is 1. The smallest absolute Gasteiger partial charge is 0.270 e. The van der Waals surface area contributed by atoms with E-state index in [1.54, 1.807) is 0 Å². The van der Waals surface area contributed by atoms with Crippen LogP contribution in [0, 0.1) is 3.57 Å². The fourth-order valence-corrected chi connectivity index (χ4v) is 2.23. The van der Waals surface area contributed by atoms with E-state index in [1.807, 2.05) is 17.2 Å². The zero-order valence-electron chi connectivity index (χ0n) is 7.92. The summed E-state index contributed by atoms with van der Waals surface area (Å²) in [5.74, 6) is 0.146. The molecule has 0 atom stereocenters. The average molecular weight is 304 g/mol. The molecule has 2 heterocycles. The summed E-state index contributed by atoms with van der Waals surface area (Å²) in [5.41, 5.74) is 0.719. The van der Waals surface area contributed by atoms with Gasteiger partial charge < -0.3 is 9.88 Å². The van der Waals surface area contributed by atoms with Crippen molar-refractivity contribution in [2.45, 2.75) is 19.3 Å². The Morgan fingerprint density at radius 2 is 2.07 bits per heavy atom. The van der Waals surface area contributed by atoms with Crippen LogP contribution in [-0.2, 0) is 0 Å². The van der Waals surface area contributed by atoms with Crippen LogP contribution in [0.25, 0.3) is 0 Å². The summed E-state index contributed by atoms with van der Waals surface area (Å²) in [5, 5.41) is 0. The normalized spacial score (nSPS) is 17.1. The lowest BCUT2D eigenvalue weighted by atomic mass is 10.1. The van der Waals surface area contributed by atoms with Crippen LogP contribution in [0.1, 0.15) is 29.8 Å². The van der Waals surface area contributed by atoms with Crippen molar-refractivity contribution < 1.29 is 4.79 Å². The molecule has 0 aliphatic carbocycles. The number of aromatic nitrogens is 1. The molecule has 0 radical (unpaired) electrons. The molecule has 1 N–H and O–H groups in total. The molecule has 0 bridgehead atoms. The van der Waals surface area contributed by atoms with Gasteiger partial charge in [-0.2, -0.15) is 0 Å². The summed E-state index contributed by atoms with van der Waals surface area (Å²) in [4.78, 5) is 16.8. The van der Waals surface area contributed by atoms with Crippen LogP contribution in [0.5, 0.6) is 0 Å². The Morgan fingerprint density at radius 3 is 2.64 bits per heavy atom. The van der Waals surface area contributed by atoms with Crippen molar-refractivity contribution in [1.29, 1.82) is 0 Å². The third kappa shape index (κ3) is 2.10. The van der Waals surface area contributed by atoms with Crippen LogP contribution < -0.4 is 0 Å². The predicted octanol–water partition coefficient (Wildman–Crippen LogP) is 2.25. The molecule has 0 saturated carbocycles. The molecular weight excluding hydrogens is 291 g/mol. The molecule has 1 saturated heterocycles. The van der Waals surface area contributed by atoms with E-state index in [1.165, 1.54) is 6.42 Å². The molecule has 3 nitrogen and oxygen atoms in total. The highest BCUT2D eigenvalue weighted by Crippen LogP contribution is 2.13. The highest BCUT2D eigenvalue weighted by Gasteiger charge is 2.18. The maximum Gasteiger partial charge on any atom is 0.270 e. The van der Waals surface area contributed by atoms with Gasteiger partial charge in [-0.3, -0.25) is 4.79 Å². The number of carbonyl (C=O) groups excluding carboxylic acids is 1. The molecule has 1 fully saturated rings. The number of hydrogen-bond acceptors (Lipinski definition) is 1. The molecule has 0 aromatic carbocycles. The van der Waals surface area contributed by atoms with Crippen molar-refractivity contribution in [3.8, 4) is 0 Å². The minimum Gasteiger partial charge on any atom is -0.356 e. The number of nitrogens with one attached hydrogen (secondary N) is 1. The molecule has 1 amide bonds. The second-order valence-electron chi connectivity index (χ2n) is 3.58. The quantitative estimate of drug-likeness (QED) is 0.794. The number of rotatable bonds is 1. The van der Waals surface area contributed by atoms with E-state index in [9.17, 15) is 4.79 Å². The summed E-state index contributed by atoms with van der Waals surface area (Å²) >= 11 is 2.20. The van der Waals surface area contributed by atoms with Gasteiger partial charge in [0, 0.05) is 22.9 Å². The molecular formula is C10H13IN2O. The SMILES string of the molecule is O=C(c1cc(I)c[nH]1)N1CCCCC1. The maximum absolute atomic E-state index is 11.9. The first-order valence-corrected chi connectivity index (χ1v) is 5.98. The predicted molar refractivity (Wildman–Crippen MR) is 63.3 cm³/mol. The van der Waals surface area contributed by atoms with Gasteiger partial charge in [0.15, 0.2) is 0 Å². The second kappa shape index (κ2) is 4.33. The van der Waals surface area contributed by atoms with E-state index >= 15 is 0 Å². The summed E-state index contributed by atoms with van der Waals surface area (Å²) in [7, 11) is 0. The summed E-state index contributed by atoms with van der Waals surface area (Å²) in [6.45, 7) is 1.82. The van der Waals surface area contributed by atoms with Gasteiger partial charge in [0.25, 0.3) is 5.91 Å². The van der Waals surface area contributed by atoms with E-state index in [-0.39, 0.29) is 5.91 Å². The molecule has 4 heteroatoms. The summed E-state index contributed by atoms with van der Waals surface area (Å²) in [6, 6.07) is 1.90. The highest BCUT2D eigenvalue weighted by atomic mass is 127. The van der Waals surface area contributed by atoms with Crippen molar-refractivity contribution >= 4 is 28.5 Å².